The highest BCUT2D eigenvalue weighted by Gasteiger charge is 2.27. The van der Waals surface area contributed by atoms with Crippen molar-refractivity contribution in [3.8, 4) is 11.1 Å². The standard InChI is InChI=1S/C24H23ClFN3O3S/c1-4-21-17-12-23(30)29(3)13-19(17)16-11-22(28-33(31,32)5-2)20(25)10-18(16)24(27-21)14-6-8-15(26)9-7-14/h6-13,21,28H,4-5H2,1-3H3. The number of aryl methyl sites for hydroxylation is 1. The fourth-order valence-electron chi connectivity index (χ4n) is 3.90. The van der Waals surface area contributed by atoms with Gasteiger partial charge in [0.15, 0.2) is 0 Å². The van der Waals surface area contributed by atoms with Crippen molar-refractivity contribution >= 4 is 33.0 Å². The van der Waals surface area contributed by atoms with Crippen molar-refractivity contribution in [1.29, 1.82) is 0 Å². The molecule has 0 saturated carbocycles. The van der Waals surface area contributed by atoms with Gasteiger partial charge in [-0.1, -0.05) is 18.5 Å². The van der Waals surface area contributed by atoms with E-state index in [1.807, 2.05) is 6.92 Å². The Morgan fingerprint density at radius 3 is 2.42 bits per heavy atom. The number of rotatable bonds is 5. The van der Waals surface area contributed by atoms with Gasteiger partial charge in [0, 0.05) is 36.0 Å². The molecule has 0 saturated heterocycles. The van der Waals surface area contributed by atoms with Gasteiger partial charge in [-0.2, -0.15) is 0 Å². The minimum Gasteiger partial charge on any atom is -0.318 e. The van der Waals surface area contributed by atoms with Crippen molar-refractivity contribution in [2.24, 2.45) is 12.0 Å². The van der Waals surface area contributed by atoms with Crippen LogP contribution in [0.3, 0.4) is 0 Å². The van der Waals surface area contributed by atoms with E-state index in [4.69, 9.17) is 16.6 Å². The van der Waals surface area contributed by atoms with Crippen molar-refractivity contribution in [3.05, 3.63) is 86.5 Å². The molecule has 1 unspecified atom stereocenters. The number of halogens is 2. The Hall–Kier alpha value is -2.97. The summed E-state index contributed by atoms with van der Waals surface area (Å²) in [5, 5.41) is 0.210. The first-order valence-corrected chi connectivity index (χ1v) is 12.6. The largest absolute Gasteiger partial charge is 0.318 e. The number of pyridine rings is 1. The molecule has 1 aromatic heterocycles. The molecule has 172 valence electrons. The third-order valence-corrected chi connectivity index (χ3v) is 7.31. The molecule has 0 radical (unpaired) electrons. The Bertz CT molecular complexity index is 1430. The molecule has 4 rings (SSSR count). The second-order valence-corrected chi connectivity index (χ2v) is 10.3. The number of hydrogen-bond donors (Lipinski definition) is 1. The van der Waals surface area contributed by atoms with Crippen LogP contribution in [0.15, 0.2) is 58.4 Å². The average molecular weight is 488 g/mol. The zero-order valence-electron chi connectivity index (χ0n) is 18.4. The van der Waals surface area contributed by atoms with Gasteiger partial charge in [0.25, 0.3) is 5.56 Å². The molecule has 1 aliphatic heterocycles. The molecule has 0 aliphatic carbocycles. The summed E-state index contributed by atoms with van der Waals surface area (Å²) in [5.74, 6) is -0.472. The summed E-state index contributed by atoms with van der Waals surface area (Å²) in [6.45, 7) is 3.51. The van der Waals surface area contributed by atoms with Crippen LogP contribution < -0.4 is 10.3 Å². The summed E-state index contributed by atoms with van der Waals surface area (Å²) >= 11 is 6.51. The summed E-state index contributed by atoms with van der Waals surface area (Å²) in [5.41, 5.74) is 4.20. The van der Waals surface area contributed by atoms with Gasteiger partial charge in [0.1, 0.15) is 5.82 Å². The van der Waals surface area contributed by atoms with Crippen LogP contribution in [0, 0.1) is 5.82 Å². The van der Waals surface area contributed by atoms with Crippen LogP contribution in [0.4, 0.5) is 10.1 Å². The number of benzene rings is 2. The fraction of sp³-hybridized carbons (Fsp3) is 0.250. The Balaban J connectivity index is 2.06. The molecule has 1 atom stereocenters. The maximum absolute atomic E-state index is 13.6. The van der Waals surface area contributed by atoms with E-state index in [1.165, 1.54) is 23.6 Å². The van der Waals surface area contributed by atoms with Crippen LogP contribution in [0.1, 0.15) is 43.0 Å². The highest BCUT2D eigenvalue weighted by Crippen LogP contribution is 2.41. The molecular weight excluding hydrogens is 465 g/mol. The summed E-state index contributed by atoms with van der Waals surface area (Å²) in [6.07, 6.45) is 2.36. The first-order valence-electron chi connectivity index (χ1n) is 10.5. The molecule has 2 aromatic carbocycles. The van der Waals surface area contributed by atoms with Crippen LogP contribution in [0.25, 0.3) is 11.1 Å². The normalized spacial score (nSPS) is 15.3. The average Bonchev–Trinajstić information content (AvgIpc) is 2.90. The van der Waals surface area contributed by atoms with Crippen LogP contribution in [0.2, 0.25) is 5.02 Å². The maximum Gasteiger partial charge on any atom is 0.250 e. The van der Waals surface area contributed by atoms with Crippen molar-refractivity contribution in [3.63, 3.8) is 0 Å². The van der Waals surface area contributed by atoms with Crippen molar-refractivity contribution < 1.29 is 12.8 Å². The Kier molecular flexibility index (Phi) is 6.16. The lowest BCUT2D eigenvalue weighted by Crippen LogP contribution is -2.17. The van der Waals surface area contributed by atoms with E-state index in [9.17, 15) is 17.6 Å². The van der Waals surface area contributed by atoms with E-state index < -0.39 is 10.0 Å². The third kappa shape index (κ3) is 4.45. The molecule has 1 aliphatic rings. The van der Waals surface area contributed by atoms with E-state index >= 15 is 0 Å². The Labute approximate surface area is 196 Å². The molecule has 2 heterocycles. The molecule has 0 fully saturated rings. The molecule has 6 nitrogen and oxygen atoms in total. The van der Waals surface area contributed by atoms with E-state index in [0.717, 1.165) is 11.1 Å². The molecule has 0 bridgehead atoms. The second kappa shape index (κ2) is 8.76. The quantitative estimate of drug-likeness (QED) is 0.555. The highest BCUT2D eigenvalue weighted by atomic mass is 35.5. The predicted molar refractivity (Wildman–Crippen MR) is 130 cm³/mol. The summed E-state index contributed by atoms with van der Waals surface area (Å²) in [7, 11) is -1.91. The molecule has 3 aromatic rings. The van der Waals surface area contributed by atoms with Crippen LogP contribution in [0.5, 0.6) is 0 Å². The first kappa shape index (κ1) is 23.2. The minimum absolute atomic E-state index is 0.105. The smallest absolute Gasteiger partial charge is 0.250 e. The predicted octanol–water partition coefficient (Wildman–Crippen LogP) is 4.91. The summed E-state index contributed by atoms with van der Waals surface area (Å²) in [6, 6.07) is 10.6. The summed E-state index contributed by atoms with van der Waals surface area (Å²) in [4.78, 5) is 17.4. The van der Waals surface area contributed by atoms with Gasteiger partial charge in [-0.3, -0.25) is 14.5 Å². The molecule has 33 heavy (non-hydrogen) atoms. The van der Waals surface area contributed by atoms with Crippen molar-refractivity contribution in [2.75, 3.05) is 10.5 Å². The molecule has 0 spiro atoms. The van der Waals surface area contributed by atoms with Gasteiger partial charge in [-0.15, -0.1) is 0 Å². The highest BCUT2D eigenvalue weighted by molar-refractivity contribution is 7.92. The van der Waals surface area contributed by atoms with Gasteiger partial charge in [0.05, 0.1) is 28.2 Å². The second-order valence-electron chi connectivity index (χ2n) is 7.88. The molecule has 9 heteroatoms. The van der Waals surface area contributed by atoms with Crippen molar-refractivity contribution in [2.45, 2.75) is 26.3 Å². The number of nitrogens with one attached hydrogen (secondary N) is 1. The van der Waals surface area contributed by atoms with E-state index in [0.29, 0.717) is 28.8 Å². The fourth-order valence-corrected chi connectivity index (χ4v) is 4.81. The molecule has 0 amide bonds. The van der Waals surface area contributed by atoms with E-state index in [-0.39, 0.29) is 33.9 Å². The number of hydrogen-bond acceptors (Lipinski definition) is 4. The molecule has 1 N–H and O–H groups in total. The topological polar surface area (TPSA) is 80.5 Å². The van der Waals surface area contributed by atoms with Crippen LogP contribution in [-0.4, -0.2) is 24.4 Å². The number of sulfonamides is 1. The first-order chi connectivity index (χ1) is 15.6. The Morgan fingerprint density at radius 1 is 1.09 bits per heavy atom. The minimum atomic E-state index is -3.57. The zero-order chi connectivity index (χ0) is 23.9. The number of aromatic nitrogens is 1. The number of anilines is 1. The number of nitrogens with zero attached hydrogens (tertiary/aromatic N) is 2. The lowest BCUT2D eigenvalue weighted by atomic mass is 9.91. The monoisotopic (exact) mass is 487 g/mol. The zero-order valence-corrected chi connectivity index (χ0v) is 20.0. The van der Waals surface area contributed by atoms with Gasteiger partial charge in [-0.25, -0.2) is 12.8 Å². The maximum atomic E-state index is 13.6. The number of fused-ring (bicyclic) bond motifs is 3. The van der Waals surface area contributed by atoms with Gasteiger partial charge >= 0.3 is 0 Å². The lowest BCUT2D eigenvalue weighted by molar-refractivity contribution is 0.602. The van der Waals surface area contributed by atoms with Crippen molar-refractivity contribution in [1.82, 2.24) is 4.57 Å². The summed E-state index contributed by atoms with van der Waals surface area (Å²) < 4.78 is 42.1. The number of aliphatic imine (C=N–C) groups is 1. The van der Waals surface area contributed by atoms with Gasteiger partial charge < -0.3 is 4.57 Å². The SMILES string of the molecule is CCC1N=C(c2ccc(F)cc2)c2cc(Cl)c(NS(=O)(=O)CC)cc2-c2cn(C)c(=O)cc21. The van der Waals surface area contributed by atoms with Gasteiger partial charge in [0.2, 0.25) is 10.0 Å². The third-order valence-electron chi connectivity index (χ3n) is 5.71. The molecular formula is C24H23ClFN3O3S. The van der Waals surface area contributed by atoms with Crippen LogP contribution >= 0.6 is 11.6 Å². The van der Waals surface area contributed by atoms with Crippen LogP contribution in [-0.2, 0) is 17.1 Å². The van der Waals surface area contributed by atoms with E-state index in [2.05, 4.69) is 4.72 Å². The van der Waals surface area contributed by atoms with Gasteiger partial charge in [-0.05, 0) is 60.9 Å². The Morgan fingerprint density at radius 2 is 1.79 bits per heavy atom. The lowest BCUT2D eigenvalue weighted by Gasteiger charge is -2.17. The van der Waals surface area contributed by atoms with E-state index in [1.54, 1.807) is 43.6 Å².